The Morgan fingerprint density at radius 2 is 1.64 bits per heavy atom. The van der Waals surface area contributed by atoms with Crippen LogP contribution in [-0.2, 0) is 0 Å². The first-order valence-corrected chi connectivity index (χ1v) is 9.75. The lowest BCUT2D eigenvalue weighted by atomic mass is 9.76. The van der Waals surface area contributed by atoms with E-state index in [0.717, 1.165) is 37.4 Å². The molecule has 0 amide bonds. The summed E-state index contributed by atoms with van der Waals surface area (Å²) < 4.78 is 5.64. The summed E-state index contributed by atoms with van der Waals surface area (Å²) in [7, 11) is 2.22. The Morgan fingerprint density at radius 1 is 0.893 bits per heavy atom. The number of hydrogen-bond acceptors (Lipinski definition) is 4. The first-order valence-electron chi connectivity index (χ1n) is 9.75. The summed E-state index contributed by atoms with van der Waals surface area (Å²) >= 11 is 0. The molecule has 5 heteroatoms. The van der Waals surface area contributed by atoms with Gasteiger partial charge >= 0.3 is 0 Å². The summed E-state index contributed by atoms with van der Waals surface area (Å²) in [4.78, 5) is 7.05. The second kappa shape index (κ2) is 9.33. The third-order valence-electron chi connectivity index (χ3n) is 4.85. The summed E-state index contributed by atoms with van der Waals surface area (Å²) in [6.07, 6.45) is 30.6. The number of piperidine rings is 1. The van der Waals surface area contributed by atoms with Gasteiger partial charge in [-0.05, 0) is 25.9 Å². The van der Waals surface area contributed by atoms with Gasteiger partial charge in [-0.25, -0.2) is 0 Å². The fourth-order valence-electron chi connectivity index (χ4n) is 3.44. The zero-order valence-corrected chi connectivity index (χ0v) is 15.8. The molecule has 2 aliphatic carbocycles. The zero-order chi connectivity index (χ0) is 19.0. The fourth-order valence-corrected chi connectivity index (χ4v) is 3.44. The average molecular weight is 368 g/mol. The molecule has 1 radical (unpaired) electrons. The highest BCUT2D eigenvalue weighted by Gasteiger charge is 2.26. The van der Waals surface area contributed by atoms with E-state index in [1.807, 2.05) is 60.8 Å². The lowest BCUT2D eigenvalue weighted by molar-refractivity contribution is 0.269. The first-order chi connectivity index (χ1) is 13.9. The number of hydrogen-bond donors (Lipinski definition) is 0. The summed E-state index contributed by atoms with van der Waals surface area (Å²) in [5.74, 6) is 1.64. The molecule has 28 heavy (non-hydrogen) atoms. The van der Waals surface area contributed by atoms with Gasteiger partial charge in [-0.3, -0.25) is 0 Å². The van der Waals surface area contributed by atoms with E-state index in [0.29, 0.717) is 5.82 Å². The van der Waals surface area contributed by atoms with Crippen molar-refractivity contribution in [2.24, 2.45) is 0 Å². The summed E-state index contributed by atoms with van der Waals surface area (Å²) in [6, 6.07) is 0. The van der Waals surface area contributed by atoms with Crippen molar-refractivity contribution in [3.8, 4) is 0 Å². The van der Waals surface area contributed by atoms with Crippen LogP contribution in [0.1, 0.15) is 30.5 Å². The molecule has 4 nitrogen and oxygen atoms in total. The Morgan fingerprint density at radius 3 is 2.54 bits per heavy atom. The van der Waals surface area contributed by atoms with Crippen molar-refractivity contribution < 1.29 is 4.52 Å². The second-order valence-electron chi connectivity index (χ2n) is 6.97. The highest BCUT2D eigenvalue weighted by Crippen LogP contribution is 2.27. The molecule has 3 aliphatic rings. The molecule has 1 atom stereocenters. The van der Waals surface area contributed by atoms with Crippen LogP contribution in [0.4, 0.5) is 0 Å². The molecule has 0 spiro atoms. The predicted octanol–water partition coefficient (Wildman–Crippen LogP) is 4.50. The van der Waals surface area contributed by atoms with E-state index in [2.05, 4.69) is 41.7 Å². The molecule has 4 rings (SSSR count). The van der Waals surface area contributed by atoms with Gasteiger partial charge in [0.05, 0.1) is 5.92 Å². The maximum absolute atomic E-state index is 5.64. The molecule has 2 heterocycles. The van der Waals surface area contributed by atoms with Crippen LogP contribution in [0.25, 0.3) is 5.57 Å². The molecule has 1 aromatic heterocycles. The monoisotopic (exact) mass is 368 g/mol. The second-order valence-corrected chi connectivity index (χ2v) is 6.97. The summed E-state index contributed by atoms with van der Waals surface area (Å²) in [5.41, 5.74) is 2.15. The quantitative estimate of drug-likeness (QED) is 0.734. The number of rotatable bonds is 4. The summed E-state index contributed by atoms with van der Waals surface area (Å²) in [6.45, 7) is 1.94. The van der Waals surface area contributed by atoms with E-state index < -0.39 is 0 Å². The van der Waals surface area contributed by atoms with Crippen LogP contribution in [0.15, 0.2) is 95.1 Å². The molecule has 0 saturated carbocycles. The number of nitrogens with zero attached hydrogens (tertiary/aromatic N) is 3. The van der Waals surface area contributed by atoms with E-state index in [1.165, 1.54) is 5.47 Å². The van der Waals surface area contributed by atoms with Gasteiger partial charge in [-0.15, -0.1) is 0 Å². The molecule has 1 unspecified atom stereocenters. The standard InChI is InChI=1S/C23H23BN3O/c1-3-7-12-19(13-8-4-1)22-25-23(28-26-22)20-14-11-17-27(18-20)24-21-15-9-5-2-6-10-16-21/h1-10,12-13,15-16,20H,11,14,17-18H2. The van der Waals surface area contributed by atoms with Gasteiger partial charge in [0, 0.05) is 5.57 Å². The van der Waals surface area contributed by atoms with Crippen LogP contribution in [0.5, 0.6) is 0 Å². The third kappa shape index (κ3) is 4.87. The van der Waals surface area contributed by atoms with Crippen LogP contribution in [0.3, 0.4) is 0 Å². The predicted molar refractivity (Wildman–Crippen MR) is 115 cm³/mol. The molecule has 1 saturated heterocycles. The Labute approximate surface area is 167 Å². The van der Waals surface area contributed by atoms with Crippen LogP contribution in [-0.4, -0.2) is 35.5 Å². The topological polar surface area (TPSA) is 42.2 Å². The zero-order valence-electron chi connectivity index (χ0n) is 15.8. The maximum Gasteiger partial charge on any atom is 0.247 e. The van der Waals surface area contributed by atoms with Crippen molar-refractivity contribution in [2.75, 3.05) is 13.1 Å². The fraction of sp³-hybridized carbons (Fsp3) is 0.217. The van der Waals surface area contributed by atoms with E-state index in [9.17, 15) is 0 Å². The van der Waals surface area contributed by atoms with Crippen molar-refractivity contribution in [1.29, 1.82) is 0 Å². The molecule has 0 N–H and O–H groups in total. The smallest absolute Gasteiger partial charge is 0.247 e. The van der Waals surface area contributed by atoms with Gasteiger partial charge in [0.15, 0.2) is 0 Å². The first kappa shape index (κ1) is 18.4. The highest BCUT2D eigenvalue weighted by molar-refractivity contribution is 6.43. The van der Waals surface area contributed by atoms with Crippen molar-refractivity contribution in [2.45, 2.75) is 18.8 Å². The van der Waals surface area contributed by atoms with Crippen LogP contribution < -0.4 is 0 Å². The maximum atomic E-state index is 5.64. The lowest BCUT2D eigenvalue weighted by Gasteiger charge is -2.30. The van der Waals surface area contributed by atoms with Gasteiger partial charge in [-0.1, -0.05) is 95.7 Å². The lowest BCUT2D eigenvalue weighted by Crippen LogP contribution is -2.38. The van der Waals surface area contributed by atoms with Crippen molar-refractivity contribution in [3.05, 3.63) is 102 Å². The number of allylic oxidation sites excluding steroid dienone is 16. The van der Waals surface area contributed by atoms with Crippen molar-refractivity contribution in [1.82, 2.24) is 15.0 Å². The molecule has 1 aliphatic heterocycles. The van der Waals surface area contributed by atoms with Crippen LogP contribution >= 0.6 is 0 Å². The van der Waals surface area contributed by atoms with Crippen LogP contribution in [0.2, 0.25) is 0 Å². The van der Waals surface area contributed by atoms with Crippen molar-refractivity contribution in [3.63, 3.8) is 0 Å². The molecule has 0 aromatic carbocycles. The number of aromatic nitrogens is 2. The molecule has 1 aromatic rings. The minimum absolute atomic E-state index is 0.258. The van der Waals surface area contributed by atoms with E-state index in [1.54, 1.807) is 0 Å². The largest absolute Gasteiger partial charge is 0.342 e. The van der Waals surface area contributed by atoms with Gasteiger partial charge in [0.25, 0.3) is 0 Å². The Balaban J connectivity index is 1.43. The average Bonchev–Trinajstić information content (AvgIpc) is 3.14. The van der Waals surface area contributed by atoms with Crippen LogP contribution in [0, 0.1) is 0 Å². The van der Waals surface area contributed by atoms with Crippen molar-refractivity contribution >= 4 is 13.0 Å². The van der Waals surface area contributed by atoms with Gasteiger partial charge < -0.3 is 9.33 Å². The molecular formula is C23H23BN3O. The minimum atomic E-state index is 0.258. The Hall–Kier alpha value is -2.92. The molecule has 1 fully saturated rings. The minimum Gasteiger partial charge on any atom is -0.342 e. The van der Waals surface area contributed by atoms with E-state index in [-0.39, 0.29) is 5.92 Å². The summed E-state index contributed by atoms with van der Waals surface area (Å²) in [5, 5.41) is 4.22. The molecule has 0 bridgehead atoms. The third-order valence-corrected chi connectivity index (χ3v) is 4.85. The van der Waals surface area contributed by atoms with E-state index in [4.69, 9.17) is 9.51 Å². The van der Waals surface area contributed by atoms with Gasteiger partial charge in [0.1, 0.15) is 0 Å². The van der Waals surface area contributed by atoms with E-state index >= 15 is 0 Å². The Kier molecular flexibility index (Phi) is 6.15. The molecular weight excluding hydrogens is 345 g/mol. The highest BCUT2D eigenvalue weighted by atomic mass is 16.5. The Bertz CT molecular complexity index is 927. The van der Waals surface area contributed by atoms with Gasteiger partial charge in [0.2, 0.25) is 19.1 Å². The normalized spacial score (nSPS) is 22.2. The molecule has 139 valence electrons. The SMILES string of the molecule is [B](C1=CC=CC=CC=C1)N1CCCC(c2nc(C3=CC=CC=CC=C3)no2)C1. The van der Waals surface area contributed by atoms with Gasteiger partial charge in [-0.2, -0.15) is 4.98 Å².